The quantitative estimate of drug-likeness (QED) is 0.825. The predicted octanol–water partition coefficient (Wildman–Crippen LogP) is 1.87. The van der Waals surface area contributed by atoms with Gasteiger partial charge in [0, 0.05) is 32.4 Å². The number of carbonyl (C=O) groups excluding carboxylic acids is 1. The molecule has 0 bridgehead atoms. The summed E-state index contributed by atoms with van der Waals surface area (Å²) in [6, 6.07) is 4.66. The van der Waals surface area contributed by atoms with Crippen molar-refractivity contribution >= 4 is 5.91 Å². The van der Waals surface area contributed by atoms with E-state index in [2.05, 4.69) is 48.9 Å². The molecule has 5 nitrogen and oxygen atoms in total. The van der Waals surface area contributed by atoms with Crippen LogP contribution >= 0.6 is 0 Å². The highest BCUT2D eigenvalue weighted by atomic mass is 16.2. The van der Waals surface area contributed by atoms with Crippen LogP contribution in [0.3, 0.4) is 0 Å². The van der Waals surface area contributed by atoms with Crippen molar-refractivity contribution in [3.8, 4) is 0 Å². The summed E-state index contributed by atoms with van der Waals surface area (Å²) in [4.78, 5) is 23.7. The Kier molecular flexibility index (Phi) is 6.75. The normalized spacial score (nSPS) is 22.4. The van der Waals surface area contributed by atoms with E-state index < -0.39 is 0 Å². The van der Waals surface area contributed by atoms with Gasteiger partial charge >= 0.3 is 0 Å². The Balaban J connectivity index is 1.96. The molecule has 1 aromatic heterocycles. The number of likely N-dealkylation sites (tertiary alicyclic amines) is 1. The molecule has 0 N–H and O–H groups in total. The largest absolute Gasteiger partial charge is 0.340 e. The summed E-state index contributed by atoms with van der Waals surface area (Å²) in [6.07, 6.45) is 4.93. The highest BCUT2D eigenvalue weighted by Gasteiger charge is 2.29. The van der Waals surface area contributed by atoms with Crippen molar-refractivity contribution < 1.29 is 4.79 Å². The Morgan fingerprint density at radius 3 is 2.58 bits per heavy atom. The summed E-state index contributed by atoms with van der Waals surface area (Å²) in [7, 11) is 8.26. The van der Waals surface area contributed by atoms with Crippen LogP contribution in [0, 0.1) is 5.92 Å². The maximum atomic E-state index is 12.9. The zero-order chi connectivity index (χ0) is 17.7. The Labute approximate surface area is 146 Å². The molecule has 1 amide bonds. The molecule has 2 rings (SSSR count). The van der Waals surface area contributed by atoms with Crippen LogP contribution in [0.5, 0.6) is 0 Å². The van der Waals surface area contributed by atoms with Crippen molar-refractivity contribution in [1.82, 2.24) is 19.7 Å². The highest BCUT2D eigenvalue weighted by molar-refractivity contribution is 5.78. The van der Waals surface area contributed by atoms with E-state index in [4.69, 9.17) is 0 Å². The lowest BCUT2D eigenvalue weighted by Crippen LogP contribution is -2.39. The van der Waals surface area contributed by atoms with E-state index in [1.807, 2.05) is 24.2 Å². The summed E-state index contributed by atoms with van der Waals surface area (Å²) in [6.45, 7) is 4.58. The number of likely N-dealkylation sites (N-methyl/N-ethyl adjacent to an activating group) is 2. The van der Waals surface area contributed by atoms with Gasteiger partial charge in [-0.05, 0) is 52.0 Å². The first-order valence-corrected chi connectivity index (χ1v) is 8.94. The smallest absolute Gasteiger partial charge is 0.227 e. The van der Waals surface area contributed by atoms with Gasteiger partial charge in [0.05, 0.1) is 18.2 Å². The van der Waals surface area contributed by atoms with Crippen molar-refractivity contribution in [2.24, 2.45) is 5.92 Å². The first kappa shape index (κ1) is 18.9. The van der Waals surface area contributed by atoms with E-state index in [9.17, 15) is 4.79 Å². The predicted molar refractivity (Wildman–Crippen MR) is 97.8 cm³/mol. The van der Waals surface area contributed by atoms with Crippen LogP contribution in [0.15, 0.2) is 18.3 Å². The summed E-state index contributed by atoms with van der Waals surface area (Å²) in [5.41, 5.74) is 2.18. The van der Waals surface area contributed by atoms with Crippen LogP contribution in [0.25, 0.3) is 0 Å². The monoisotopic (exact) mass is 332 g/mol. The summed E-state index contributed by atoms with van der Waals surface area (Å²) < 4.78 is 0. The second kappa shape index (κ2) is 8.58. The molecule has 1 aliphatic rings. The number of hydrogen-bond donors (Lipinski definition) is 0. The second-order valence-corrected chi connectivity index (χ2v) is 7.32. The standard InChI is InChI=1S/C19H32N4O/c1-6-15-7-9-17(20-11-15)13-23(5)19(24)16-8-10-18(21(2)3)14-22(4)12-16/h7,9,11,16,18H,6,8,10,12-14H2,1-5H3/t16-,18+/m1/s1. The Morgan fingerprint density at radius 1 is 1.25 bits per heavy atom. The molecule has 0 spiro atoms. The van der Waals surface area contributed by atoms with Gasteiger partial charge in [-0.2, -0.15) is 0 Å². The number of pyridine rings is 1. The number of aryl methyl sites for hydroxylation is 1. The third-order valence-corrected chi connectivity index (χ3v) is 5.05. The van der Waals surface area contributed by atoms with E-state index in [0.29, 0.717) is 12.6 Å². The zero-order valence-corrected chi connectivity index (χ0v) is 15.8. The number of nitrogens with zero attached hydrogens (tertiary/aromatic N) is 4. The average Bonchev–Trinajstić information content (AvgIpc) is 2.76. The third-order valence-electron chi connectivity index (χ3n) is 5.05. The molecule has 1 saturated heterocycles. The Morgan fingerprint density at radius 2 is 2.00 bits per heavy atom. The fourth-order valence-electron chi connectivity index (χ4n) is 3.40. The zero-order valence-electron chi connectivity index (χ0n) is 15.8. The van der Waals surface area contributed by atoms with E-state index in [-0.39, 0.29) is 11.8 Å². The first-order valence-electron chi connectivity index (χ1n) is 8.94. The molecule has 0 saturated carbocycles. The van der Waals surface area contributed by atoms with Gasteiger partial charge in [0.15, 0.2) is 0 Å². The van der Waals surface area contributed by atoms with Gasteiger partial charge in [-0.1, -0.05) is 13.0 Å². The van der Waals surface area contributed by atoms with E-state index >= 15 is 0 Å². The van der Waals surface area contributed by atoms with E-state index in [0.717, 1.165) is 38.0 Å². The molecular weight excluding hydrogens is 300 g/mol. The van der Waals surface area contributed by atoms with Gasteiger partial charge in [0.1, 0.15) is 0 Å². The number of carbonyl (C=O) groups is 1. The molecule has 5 heteroatoms. The molecule has 0 unspecified atom stereocenters. The summed E-state index contributed by atoms with van der Waals surface area (Å²) >= 11 is 0. The molecule has 134 valence electrons. The molecular formula is C19H32N4O. The van der Waals surface area contributed by atoms with Gasteiger partial charge in [-0.25, -0.2) is 0 Å². The maximum absolute atomic E-state index is 12.9. The Hall–Kier alpha value is -1.46. The number of amides is 1. The van der Waals surface area contributed by atoms with Gasteiger partial charge in [0.2, 0.25) is 5.91 Å². The number of rotatable bonds is 5. The van der Waals surface area contributed by atoms with E-state index in [1.54, 1.807) is 0 Å². The van der Waals surface area contributed by atoms with Crippen LogP contribution in [0.4, 0.5) is 0 Å². The number of hydrogen-bond acceptors (Lipinski definition) is 4. The third kappa shape index (κ3) is 5.02. The molecule has 2 atom stereocenters. The van der Waals surface area contributed by atoms with Crippen LogP contribution < -0.4 is 0 Å². The lowest BCUT2D eigenvalue weighted by atomic mass is 10.00. The molecule has 1 aromatic rings. The lowest BCUT2D eigenvalue weighted by molar-refractivity contribution is -0.135. The van der Waals surface area contributed by atoms with Gasteiger partial charge in [-0.3, -0.25) is 9.78 Å². The topological polar surface area (TPSA) is 39.7 Å². The molecule has 24 heavy (non-hydrogen) atoms. The van der Waals surface area contributed by atoms with Gasteiger partial charge < -0.3 is 14.7 Å². The van der Waals surface area contributed by atoms with Crippen molar-refractivity contribution in [3.05, 3.63) is 29.6 Å². The fraction of sp³-hybridized carbons (Fsp3) is 0.684. The van der Waals surface area contributed by atoms with Crippen LogP contribution in [-0.2, 0) is 17.8 Å². The van der Waals surface area contributed by atoms with Crippen molar-refractivity contribution in [2.75, 3.05) is 41.3 Å². The fourth-order valence-corrected chi connectivity index (χ4v) is 3.40. The molecule has 1 aliphatic heterocycles. The summed E-state index contributed by atoms with van der Waals surface area (Å²) in [5, 5.41) is 0. The minimum Gasteiger partial charge on any atom is -0.340 e. The van der Waals surface area contributed by atoms with Crippen LogP contribution in [-0.4, -0.2) is 72.9 Å². The minimum absolute atomic E-state index is 0.0832. The molecule has 1 fully saturated rings. The van der Waals surface area contributed by atoms with Gasteiger partial charge in [-0.15, -0.1) is 0 Å². The number of aromatic nitrogens is 1. The maximum Gasteiger partial charge on any atom is 0.227 e. The van der Waals surface area contributed by atoms with Crippen molar-refractivity contribution in [3.63, 3.8) is 0 Å². The molecule has 0 aliphatic carbocycles. The van der Waals surface area contributed by atoms with Gasteiger partial charge in [0.25, 0.3) is 0 Å². The molecule has 2 heterocycles. The van der Waals surface area contributed by atoms with Crippen molar-refractivity contribution in [1.29, 1.82) is 0 Å². The van der Waals surface area contributed by atoms with E-state index in [1.165, 1.54) is 5.56 Å². The average molecular weight is 332 g/mol. The van der Waals surface area contributed by atoms with Crippen LogP contribution in [0.1, 0.15) is 31.0 Å². The molecule has 0 aromatic carbocycles. The van der Waals surface area contributed by atoms with Crippen molar-refractivity contribution in [2.45, 2.75) is 38.8 Å². The highest BCUT2D eigenvalue weighted by Crippen LogP contribution is 2.20. The molecule has 0 radical (unpaired) electrons. The Bertz CT molecular complexity index is 529. The minimum atomic E-state index is 0.0832. The SMILES string of the molecule is CCc1ccc(CN(C)C(=O)[C@@H]2CC[C@H](N(C)C)CN(C)C2)nc1. The second-order valence-electron chi connectivity index (χ2n) is 7.32. The van der Waals surface area contributed by atoms with Crippen LogP contribution in [0.2, 0.25) is 0 Å². The summed E-state index contributed by atoms with van der Waals surface area (Å²) in [5.74, 6) is 0.322. The lowest BCUT2D eigenvalue weighted by Gasteiger charge is -2.26. The first-order chi connectivity index (χ1) is 11.4.